The molecule has 1 aromatic heterocycles. The van der Waals surface area contributed by atoms with E-state index in [-0.39, 0.29) is 17.9 Å². The van der Waals surface area contributed by atoms with Gasteiger partial charge < -0.3 is 19.7 Å². The molecule has 1 amide bonds. The third kappa shape index (κ3) is 5.57. The molecule has 1 aromatic rings. The van der Waals surface area contributed by atoms with E-state index in [1.807, 2.05) is 16.5 Å². The van der Waals surface area contributed by atoms with Crippen molar-refractivity contribution in [3.8, 4) is 0 Å². The minimum atomic E-state index is -0.176. The summed E-state index contributed by atoms with van der Waals surface area (Å²) in [5.41, 5.74) is 2.86. The van der Waals surface area contributed by atoms with E-state index in [1.54, 1.807) is 0 Å². The summed E-state index contributed by atoms with van der Waals surface area (Å²) in [5.74, 6) is 0.300. The molecule has 1 N–H and O–H groups in total. The van der Waals surface area contributed by atoms with E-state index in [0.717, 1.165) is 31.4 Å². The predicted octanol–water partition coefficient (Wildman–Crippen LogP) is 1.41. The van der Waals surface area contributed by atoms with E-state index < -0.39 is 0 Å². The second-order valence-electron chi connectivity index (χ2n) is 8.20. The molecule has 162 valence electrons. The number of carbonyl (C=O) groups excluding carboxylic acids is 2. The number of carbonyl (C=O) groups is 2. The second-order valence-corrected chi connectivity index (χ2v) is 8.20. The van der Waals surface area contributed by atoms with Gasteiger partial charge >= 0.3 is 5.97 Å². The minimum Gasteiger partial charge on any atom is -0.466 e. The number of ether oxygens (including phenoxy) is 2. The Labute approximate surface area is 172 Å². The number of nitrogens with zero attached hydrogens (tertiary/aromatic N) is 3. The molecule has 1 aliphatic carbocycles. The molecule has 3 rings (SSSR count). The Balaban J connectivity index is 1.72. The fraction of sp³-hybridized carbons (Fsp3) is 0.762. The maximum atomic E-state index is 13.2. The highest BCUT2D eigenvalue weighted by atomic mass is 16.5. The number of fused-ring (bicyclic) bond motifs is 1. The van der Waals surface area contributed by atoms with Crippen molar-refractivity contribution in [2.24, 2.45) is 5.92 Å². The van der Waals surface area contributed by atoms with Crippen LogP contribution in [0.3, 0.4) is 0 Å². The molecule has 0 spiro atoms. The maximum Gasteiger partial charge on any atom is 0.307 e. The number of rotatable bonds is 8. The summed E-state index contributed by atoms with van der Waals surface area (Å²) in [6, 6.07) is 0.241. The lowest BCUT2D eigenvalue weighted by Gasteiger charge is -2.28. The number of esters is 1. The molecule has 8 heteroatoms. The molecule has 1 atom stereocenters. The lowest BCUT2D eigenvalue weighted by molar-refractivity contribution is -0.143. The van der Waals surface area contributed by atoms with Crippen LogP contribution in [0.4, 0.5) is 0 Å². The summed E-state index contributed by atoms with van der Waals surface area (Å²) in [4.78, 5) is 26.6. The van der Waals surface area contributed by atoms with E-state index in [2.05, 4.69) is 19.2 Å². The molecule has 1 saturated heterocycles. The van der Waals surface area contributed by atoms with Crippen LogP contribution in [0.1, 0.15) is 55.4 Å². The molecular formula is C21H34N4O4. The van der Waals surface area contributed by atoms with Gasteiger partial charge in [-0.3, -0.25) is 14.3 Å². The van der Waals surface area contributed by atoms with Crippen molar-refractivity contribution in [2.75, 3.05) is 39.5 Å². The van der Waals surface area contributed by atoms with Gasteiger partial charge in [0.1, 0.15) is 0 Å². The first-order valence-electron chi connectivity index (χ1n) is 10.8. The van der Waals surface area contributed by atoms with E-state index in [4.69, 9.17) is 14.6 Å². The van der Waals surface area contributed by atoms with E-state index in [1.165, 1.54) is 5.69 Å². The average molecular weight is 407 g/mol. The van der Waals surface area contributed by atoms with Gasteiger partial charge in [-0.25, -0.2) is 0 Å². The number of morpholine rings is 1. The van der Waals surface area contributed by atoms with Crippen molar-refractivity contribution in [1.82, 2.24) is 20.0 Å². The van der Waals surface area contributed by atoms with Crippen LogP contribution in [-0.2, 0) is 33.7 Å². The molecule has 0 saturated carbocycles. The monoisotopic (exact) mass is 406 g/mol. The lowest BCUT2D eigenvalue weighted by Crippen LogP contribution is -2.42. The number of hydrogen-bond donors (Lipinski definition) is 1. The zero-order chi connectivity index (χ0) is 20.8. The highest BCUT2D eigenvalue weighted by Gasteiger charge is 2.31. The molecule has 0 radical (unpaired) electrons. The fourth-order valence-corrected chi connectivity index (χ4v) is 4.06. The van der Waals surface area contributed by atoms with Crippen molar-refractivity contribution < 1.29 is 19.1 Å². The van der Waals surface area contributed by atoms with Gasteiger partial charge in [0, 0.05) is 43.5 Å². The van der Waals surface area contributed by atoms with Gasteiger partial charge in [0.2, 0.25) is 0 Å². The largest absolute Gasteiger partial charge is 0.466 e. The van der Waals surface area contributed by atoms with Crippen molar-refractivity contribution in [3.05, 3.63) is 17.0 Å². The number of amides is 1. The first kappa shape index (κ1) is 21.8. The van der Waals surface area contributed by atoms with Crippen molar-refractivity contribution >= 4 is 11.9 Å². The number of hydrogen-bond acceptors (Lipinski definition) is 6. The van der Waals surface area contributed by atoms with Gasteiger partial charge in [0.05, 0.1) is 26.2 Å². The first-order valence-corrected chi connectivity index (χ1v) is 10.8. The quantitative estimate of drug-likeness (QED) is 0.657. The Morgan fingerprint density at radius 2 is 2.07 bits per heavy atom. The van der Waals surface area contributed by atoms with Gasteiger partial charge in [0.25, 0.3) is 5.91 Å². The van der Waals surface area contributed by atoms with Crippen molar-refractivity contribution in [2.45, 2.75) is 59.0 Å². The summed E-state index contributed by atoms with van der Waals surface area (Å²) in [6.07, 6.45) is 3.00. The van der Waals surface area contributed by atoms with E-state index in [9.17, 15) is 9.59 Å². The second kappa shape index (κ2) is 10.2. The molecule has 1 fully saturated rings. The molecule has 2 heterocycles. The predicted molar refractivity (Wildman–Crippen MR) is 109 cm³/mol. The Bertz CT molecular complexity index is 710. The fourth-order valence-electron chi connectivity index (χ4n) is 4.06. The molecule has 1 aliphatic heterocycles. The SMILES string of the molecule is CCOC(=O)CCNC1CCc2c(c(C(=O)N3CCOCC3)nn2CC(C)C)C1. The summed E-state index contributed by atoms with van der Waals surface area (Å²) < 4.78 is 12.4. The van der Waals surface area contributed by atoms with Gasteiger partial charge in [-0.2, -0.15) is 5.10 Å². The van der Waals surface area contributed by atoms with Gasteiger partial charge in [-0.15, -0.1) is 0 Å². The smallest absolute Gasteiger partial charge is 0.307 e. The molecule has 1 unspecified atom stereocenters. The summed E-state index contributed by atoms with van der Waals surface area (Å²) in [5, 5.41) is 8.22. The molecular weight excluding hydrogens is 372 g/mol. The van der Waals surface area contributed by atoms with Gasteiger partial charge in [-0.1, -0.05) is 13.8 Å². The molecule has 0 bridgehead atoms. The van der Waals surface area contributed by atoms with Crippen LogP contribution in [0.2, 0.25) is 0 Å². The molecule has 29 heavy (non-hydrogen) atoms. The minimum absolute atomic E-state index is 0.0132. The molecule has 8 nitrogen and oxygen atoms in total. The third-order valence-corrected chi connectivity index (χ3v) is 5.45. The Morgan fingerprint density at radius 3 is 2.76 bits per heavy atom. The summed E-state index contributed by atoms with van der Waals surface area (Å²) >= 11 is 0. The van der Waals surface area contributed by atoms with Crippen LogP contribution in [0, 0.1) is 5.92 Å². The van der Waals surface area contributed by atoms with Crippen LogP contribution in [-0.4, -0.2) is 72.1 Å². The number of aromatic nitrogens is 2. The zero-order valence-corrected chi connectivity index (χ0v) is 17.9. The molecule has 0 aromatic carbocycles. The Kier molecular flexibility index (Phi) is 7.66. The topological polar surface area (TPSA) is 85.7 Å². The third-order valence-electron chi connectivity index (χ3n) is 5.45. The highest BCUT2D eigenvalue weighted by Crippen LogP contribution is 2.27. The van der Waals surface area contributed by atoms with Crippen LogP contribution >= 0.6 is 0 Å². The number of nitrogens with one attached hydrogen (secondary N) is 1. The van der Waals surface area contributed by atoms with E-state index in [0.29, 0.717) is 57.5 Å². The van der Waals surface area contributed by atoms with Crippen LogP contribution < -0.4 is 5.32 Å². The van der Waals surface area contributed by atoms with Gasteiger partial charge in [0.15, 0.2) is 5.69 Å². The van der Waals surface area contributed by atoms with Crippen LogP contribution in [0.25, 0.3) is 0 Å². The van der Waals surface area contributed by atoms with Crippen LogP contribution in [0.5, 0.6) is 0 Å². The Hall–Kier alpha value is -1.93. The first-order chi connectivity index (χ1) is 14.0. The Morgan fingerprint density at radius 1 is 1.31 bits per heavy atom. The molecule has 2 aliphatic rings. The van der Waals surface area contributed by atoms with E-state index >= 15 is 0 Å². The van der Waals surface area contributed by atoms with Crippen LogP contribution in [0.15, 0.2) is 0 Å². The summed E-state index contributed by atoms with van der Waals surface area (Å²) in [6.45, 7) is 10.4. The normalized spacial score (nSPS) is 19.3. The van der Waals surface area contributed by atoms with Gasteiger partial charge in [-0.05, 0) is 32.1 Å². The summed E-state index contributed by atoms with van der Waals surface area (Å²) in [7, 11) is 0. The maximum absolute atomic E-state index is 13.2. The lowest BCUT2D eigenvalue weighted by atomic mass is 9.91. The zero-order valence-electron chi connectivity index (χ0n) is 17.9. The van der Waals surface area contributed by atoms with Crippen molar-refractivity contribution in [3.63, 3.8) is 0 Å². The standard InChI is InChI=1S/C21H34N4O4/c1-4-29-19(26)7-8-22-16-5-6-18-17(13-16)20(23-25(18)14-15(2)3)21(27)24-9-11-28-12-10-24/h15-16,22H,4-14H2,1-3H3. The van der Waals surface area contributed by atoms with Crippen molar-refractivity contribution in [1.29, 1.82) is 0 Å². The highest BCUT2D eigenvalue weighted by molar-refractivity contribution is 5.94. The average Bonchev–Trinajstić information content (AvgIpc) is 3.05.